The van der Waals surface area contributed by atoms with Gasteiger partial charge in [-0.05, 0) is 45.0 Å². The summed E-state index contributed by atoms with van der Waals surface area (Å²) >= 11 is 0. The van der Waals surface area contributed by atoms with E-state index >= 15 is 0 Å². The Labute approximate surface area is 216 Å². The normalized spacial score (nSPS) is 14.9. The van der Waals surface area contributed by atoms with Crippen LogP contribution < -0.4 is 15.4 Å². The molecule has 1 amide bonds. The number of fused-ring (bicyclic) bond motifs is 2. The van der Waals surface area contributed by atoms with Crippen LogP contribution in [0.15, 0.2) is 36.5 Å². The number of aryl methyl sites for hydroxylation is 1. The molecule has 10 nitrogen and oxygen atoms in total. The highest BCUT2D eigenvalue weighted by atomic mass is 19.1. The van der Waals surface area contributed by atoms with E-state index in [0.717, 1.165) is 12.1 Å². The van der Waals surface area contributed by atoms with Crippen LogP contribution in [-0.4, -0.2) is 54.7 Å². The monoisotopic (exact) mass is 524 g/mol. The number of benzene rings is 1. The van der Waals surface area contributed by atoms with Crippen molar-refractivity contribution in [1.82, 2.24) is 19.4 Å². The van der Waals surface area contributed by atoms with Gasteiger partial charge in [-0.1, -0.05) is 6.07 Å². The summed E-state index contributed by atoms with van der Waals surface area (Å²) in [6, 6.07) is 6.94. The number of rotatable bonds is 8. The lowest BCUT2D eigenvalue weighted by atomic mass is 9.87. The summed E-state index contributed by atoms with van der Waals surface area (Å²) in [5.74, 6) is -0.481. The molecular formula is C26H26F2N6O4. The molecule has 0 unspecified atom stereocenters. The van der Waals surface area contributed by atoms with Gasteiger partial charge in [0, 0.05) is 12.7 Å². The van der Waals surface area contributed by atoms with Crippen molar-refractivity contribution >= 4 is 23.2 Å². The number of hydrogen-bond acceptors (Lipinski definition) is 8. The smallest absolute Gasteiger partial charge is 0.235 e. The lowest BCUT2D eigenvalue weighted by molar-refractivity contribution is -0.119. The van der Waals surface area contributed by atoms with Gasteiger partial charge in [-0.25, -0.2) is 23.7 Å². The molecule has 198 valence electrons. The number of amides is 1. The first kappa shape index (κ1) is 25.5. The van der Waals surface area contributed by atoms with Crippen molar-refractivity contribution in [2.24, 2.45) is 0 Å². The average molecular weight is 525 g/mol. The summed E-state index contributed by atoms with van der Waals surface area (Å²) < 4.78 is 35.7. The molecule has 0 bridgehead atoms. The second-order valence-corrected chi connectivity index (χ2v) is 9.52. The largest absolute Gasteiger partial charge is 0.485 e. The third-order valence-electron chi connectivity index (χ3n) is 6.48. The van der Waals surface area contributed by atoms with E-state index in [2.05, 4.69) is 25.6 Å². The minimum absolute atomic E-state index is 0.000389. The van der Waals surface area contributed by atoms with Gasteiger partial charge < -0.3 is 25.6 Å². The maximum absolute atomic E-state index is 14.1. The number of aliphatic hydroxyl groups is 2. The van der Waals surface area contributed by atoms with Crippen LogP contribution in [0.1, 0.15) is 30.7 Å². The standard InChI is InChI=1S/C26H26F2N6O4/c1-13-20(23-31-21(29-10-14(36)11-35)19-22(32-23)33-25(37)26(19,2)3)34-9-5-8-18(24(34)30-13)38-12-15-16(27)6-4-7-17(15)28/h4-9,14,35-36H,10-12H2,1-3H3,(H2,29,31,32,33,37)/t14-/m1/s1. The number of nitrogens with zero attached hydrogens (tertiary/aromatic N) is 4. The number of anilines is 2. The van der Waals surface area contributed by atoms with Crippen LogP contribution in [0.5, 0.6) is 5.75 Å². The molecule has 0 saturated carbocycles. The molecule has 4 N–H and O–H groups in total. The Morgan fingerprint density at radius 3 is 2.61 bits per heavy atom. The maximum Gasteiger partial charge on any atom is 0.235 e. The molecule has 0 radical (unpaired) electrons. The van der Waals surface area contributed by atoms with Crippen LogP contribution in [-0.2, 0) is 16.8 Å². The Bertz CT molecular complexity index is 1530. The second-order valence-electron chi connectivity index (χ2n) is 9.52. The summed E-state index contributed by atoms with van der Waals surface area (Å²) in [5.41, 5.74) is 0.851. The molecule has 0 saturated heterocycles. The van der Waals surface area contributed by atoms with E-state index in [9.17, 15) is 23.8 Å². The number of aromatic nitrogens is 4. The Kier molecular flexibility index (Phi) is 6.45. The summed E-state index contributed by atoms with van der Waals surface area (Å²) in [4.78, 5) is 26.5. The van der Waals surface area contributed by atoms with Gasteiger partial charge in [0.25, 0.3) is 0 Å². The molecule has 4 heterocycles. The van der Waals surface area contributed by atoms with E-state index in [0.29, 0.717) is 40.0 Å². The fourth-order valence-corrected chi connectivity index (χ4v) is 4.39. The maximum atomic E-state index is 14.1. The third-order valence-corrected chi connectivity index (χ3v) is 6.48. The fraction of sp³-hybridized carbons (Fsp3) is 0.308. The number of carbonyl (C=O) groups excluding carboxylic acids is 1. The first-order chi connectivity index (χ1) is 18.1. The summed E-state index contributed by atoms with van der Waals surface area (Å²) in [6.45, 7) is 4.46. The molecule has 1 aromatic carbocycles. The van der Waals surface area contributed by atoms with Crippen LogP contribution in [0, 0.1) is 18.6 Å². The first-order valence-corrected chi connectivity index (χ1v) is 11.9. The van der Waals surface area contributed by atoms with Crippen molar-refractivity contribution in [3.8, 4) is 17.3 Å². The van der Waals surface area contributed by atoms with Crippen molar-refractivity contribution < 1.29 is 28.5 Å². The minimum atomic E-state index is -1.03. The lowest BCUT2D eigenvalue weighted by Gasteiger charge is -2.20. The Morgan fingerprint density at radius 2 is 1.89 bits per heavy atom. The van der Waals surface area contributed by atoms with Gasteiger partial charge >= 0.3 is 0 Å². The van der Waals surface area contributed by atoms with Crippen molar-refractivity contribution in [2.45, 2.75) is 38.9 Å². The third kappa shape index (κ3) is 4.31. The molecule has 38 heavy (non-hydrogen) atoms. The zero-order chi connectivity index (χ0) is 27.2. The fourth-order valence-electron chi connectivity index (χ4n) is 4.39. The average Bonchev–Trinajstić information content (AvgIpc) is 3.33. The molecule has 0 fully saturated rings. The molecule has 1 aliphatic heterocycles. The van der Waals surface area contributed by atoms with Crippen LogP contribution in [0.3, 0.4) is 0 Å². The summed E-state index contributed by atoms with van der Waals surface area (Å²) in [6.07, 6.45) is 0.692. The van der Waals surface area contributed by atoms with Crippen molar-refractivity contribution in [3.05, 3.63) is 65.0 Å². The van der Waals surface area contributed by atoms with Crippen molar-refractivity contribution in [3.63, 3.8) is 0 Å². The van der Waals surface area contributed by atoms with Crippen LogP contribution in [0.4, 0.5) is 20.4 Å². The summed E-state index contributed by atoms with van der Waals surface area (Å²) in [7, 11) is 0. The topological polar surface area (TPSA) is 134 Å². The highest BCUT2D eigenvalue weighted by Crippen LogP contribution is 2.42. The zero-order valence-electron chi connectivity index (χ0n) is 20.9. The second kappa shape index (κ2) is 9.62. The number of nitrogens with one attached hydrogen (secondary N) is 2. The lowest BCUT2D eigenvalue weighted by Crippen LogP contribution is -2.29. The first-order valence-electron chi connectivity index (χ1n) is 11.9. The van der Waals surface area contributed by atoms with E-state index in [1.807, 2.05) is 0 Å². The number of aliphatic hydroxyl groups excluding tert-OH is 2. The quantitative estimate of drug-likeness (QED) is 0.277. The number of hydrogen-bond donors (Lipinski definition) is 4. The molecule has 0 spiro atoms. The van der Waals surface area contributed by atoms with Gasteiger partial charge in [0.2, 0.25) is 5.91 Å². The SMILES string of the molecule is Cc1nc2c(OCc3c(F)cccc3F)cccn2c1-c1nc(NC[C@@H](O)CO)c2c(n1)NC(=O)C2(C)C. The number of pyridine rings is 1. The number of carbonyl (C=O) groups is 1. The minimum Gasteiger partial charge on any atom is -0.485 e. The van der Waals surface area contributed by atoms with Crippen molar-refractivity contribution in [2.75, 3.05) is 23.8 Å². The molecule has 1 aliphatic rings. The highest BCUT2D eigenvalue weighted by molar-refractivity contribution is 6.06. The number of ether oxygens (including phenoxy) is 1. The Balaban J connectivity index is 1.57. The van der Waals surface area contributed by atoms with Crippen LogP contribution in [0.2, 0.25) is 0 Å². The molecule has 1 atom stereocenters. The summed E-state index contributed by atoms with van der Waals surface area (Å²) in [5, 5.41) is 24.9. The Morgan fingerprint density at radius 1 is 1.16 bits per heavy atom. The predicted molar refractivity (Wildman–Crippen MR) is 135 cm³/mol. The molecule has 4 aromatic rings. The Hall–Kier alpha value is -4.16. The number of halogens is 2. The zero-order valence-corrected chi connectivity index (χ0v) is 20.9. The van der Waals surface area contributed by atoms with Gasteiger partial charge in [-0.15, -0.1) is 0 Å². The van der Waals surface area contributed by atoms with Gasteiger partial charge in [0.05, 0.1) is 34.9 Å². The predicted octanol–water partition coefficient (Wildman–Crippen LogP) is 2.95. The van der Waals surface area contributed by atoms with Crippen LogP contribution >= 0.6 is 0 Å². The van der Waals surface area contributed by atoms with Crippen LogP contribution in [0.25, 0.3) is 17.2 Å². The number of imidazole rings is 1. The molecule has 5 rings (SSSR count). The van der Waals surface area contributed by atoms with Gasteiger partial charge in [0.15, 0.2) is 17.2 Å². The van der Waals surface area contributed by atoms with Gasteiger partial charge in [-0.2, -0.15) is 0 Å². The molecular weight excluding hydrogens is 498 g/mol. The van der Waals surface area contributed by atoms with Gasteiger partial charge in [0.1, 0.15) is 35.6 Å². The van der Waals surface area contributed by atoms with E-state index in [1.54, 1.807) is 43.5 Å². The highest BCUT2D eigenvalue weighted by Gasteiger charge is 2.43. The molecule has 12 heteroatoms. The van der Waals surface area contributed by atoms with E-state index in [-0.39, 0.29) is 30.4 Å². The van der Waals surface area contributed by atoms with Gasteiger partial charge in [-0.3, -0.25) is 9.20 Å². The molecule has 3 aromatic heterocycles. The van der Waals surface area contributed by atoms with E-state index < -0.39 is 29.8 Å². The van der Waals surface area contributed by atoms with E-state index in [4.69, 9.17) is 4.74 Å². The van der Waals surface area contributed by atoms with E-state index in [1.165, 1.54) is 6.07 Å². The molecule has 0 aliphatic carbocycles. The van der Waals surface area contributed by atoms with Crippen molar-refractivity contribution in [1.29, 1.82) is 0 Å².